The molecule has 0 saturated carbocycles. The quantitative estimate of drug-likeness (QED) is 0.740. The van der Waals surface area contributed by atoms with Gasteiger partial charge >= 0.3 is 0 Å². The Balaban J connectivity index is 1.48. The number of nitrogens with one attached hydrogen (secondary N) is 1. The fourth-order valence-electron chi connectivity index (χ4n) is 2.67. The van der Waals surface area contributed by atoms with Crippen molar-refractivity contribution in [2.75, 3.05) is 43.6 Å². The van der Waals surface area contributed by atoms with Crippen LogP contribution in [0.25, 0.3) is 11.3 Å². The van der Waals surface area contributed by atoms with Gasteiger partial charge < -0.3 is 19.7 Å². The van der Waals surface area contributed by atoms with Gasteiger partial charge in [0.25, 0.3) is 0 Å². The molecule has 0 unspecified atom stereocenters. The average molecular weight is 369 g/mol. The SMILES string of the molecule is COc1ccc(-c2csc(Nc3ccnc(N4CCOCC4)n3)n2)cc1. The summed E-state index contributed by atoms with van der Waals surface area (Å²) in [5.41, 5.74) is 1.97. The van der Waals surface area contributed by atoms with E-state index in [2.05, 4.69) is 25.2 Å². The molecule has 1 N–H and O–H groups in total. The first-order valence-corrected chi connectivity index (χ1v) is 9.22. The molecule has 0 bridgehead atoms. The van der Waals surface area contributed by atoms with E-state index in [1.54, 1.807) is 24.6 Å². The Kier molecular flexibility index (Phi) is 4.94. The number of ether oxygens (including phenoxy) is 2. The third-order valence-corrected chi connectivity index (χ3v) is 4.82. The van der Waals surface area contributed by atoms with E-state index in [0.717, 1.165) is 41.0 Å². The smallest absolute Gasteiger partial charge is 0.227 e. The molecule has 4 rings (SSSR count). The van der Waals surface area contributed by atoms with Gasteiger partial charge in [0.05, 0.1) is 26.0 Å². The Morgan fingerprint density at radius 3 is 2.69 bits per heavy atom. The maximum Gasteiger partial charge on any atom is 0.227 e. The fourth-order valence-corrected chi connectivity index (χ4v) is 3.40. The molecule has 2 aromatic heterocycles. The standard InChI is InChI=1S/C18H19N5O2S/c1-24-14-4-2-13(3-5-14)15-12-26-18(20-15)22-16-6-7-19-17(21-16)23-8-10-25-11-9-23/h2-7,12H,8-11H2,1H3,(H,19,20,21,22). The van der Waals surface area contributed by atoms with Crippen LogP contribution in [0.2, 0.25) is 0 Å². The molecule has 0 aliphatic carbocycles. The van der Waals surface area contributed by atoms with Gasteiger partial charge in [0, 0.05) is 30.2 Å². The third-order valence-electron chi connectivity index (χ3n) is 4.06. The lowest BCUT2D eigenvalue weighted by Gasteiger charge is -2.26. The number of rotatable bonds is 5. The van der Waals surface area contributed by atoms with E-state index < -0.39 is 0 Å². The largest absolute Gasteiger partial charge is 0.497 e. The Morgan fingerprint density at radius 2 is 1.92 bits per heavy atom. The van der Waals surface area contributed by atoms with Crippen molar-refractivity contribution < 1.29 is 9.47 Å². The zero-order valence-electron chi connectivity index (χ0n) is 14.4. The Morgan fingerprint density at radius 1 is 1.12 bits per heavy atom. The lowest BCUT2D eigenvalue weighted by Crippen LogP contribution is -2.37. The van der Waals surface area contributed by atoms with Gasteiger partial charge in [-0.25, -0.2) is 9.97 Å². The monoisotopic (exact) mass is 369 g/mol. The summed E-state index contributed by atoms with van der Waals surface area (Å²) in [6.45, 7) is 3.03. The summed E-state index contributed by atoms with van der Waals surface area (Å²) in [5, 5.41) is 6.09. The van der Waals surface area contributed by atoms with Crippen LogP contribution in [-0.2, 0) is 4.74 Å². The molecule has 1 saturated heterocycles. The van der Waals surface area contributed by atoms with Gasteiger partial charge in [0.1, 0.15) is 11.6 Å². The molecular formula is C18H19N5O2S. The van der Waals surface area contributed by atoms with Gasteiger partial charge in [0.15, 0.2) is 5.13 Å². The predicted molar refractivity (Wildman–Crippen MR) is 102 cm³/mol. The molecule has 7 nitrogen and oxygen atoms in total. The second-order valence-electron chi connectivity index (χ2n) is 5.73. The van der Waals surface area contributed by atoms with Crippen LogP contribution in [0.4, 0.5) is 16.9 Å². The first-order valence-electron chi connectivity index (χ1n) is 8.34. The number of hydrogen-bond donors (Lipinski definition) is 1. The molecular weight excluding hydrogens is 350 g/mol. The first-order chi connectivity index (χ1) is 12.8. The first kappa shape index (κ1) is 16.7. The maximum absolute atomic E-state index is 5.38. The molecule has 1 aromatic carbocycles. The Labute approximate surface area is 155 Å². The molecule has 0 atom stereocenters. The fraction of sp³-hybridized carbons (Fsp3) is 0.278. The number of nitrogens with zero attached hydrogens (tertiary/aromatic N) is 4. The van der Waals surface area contributed by atoms with Crippen LogP contribution in [-0.4, -0.2) is 48.4 Å². The summed E-state index contributed by atoms with van der Waals surface area (Å²) in [6.07, 6.45) is 1.76. The van der Waals surface area contributed by atoms with Gasteiger partial charge in [-0.05, 0) is 30.3 Å². The molecule has 8 heteroatoms. The van der Waals surface area contributed by atoms with E-state index in [9.17, 15) is 0 Å². The van der Waals surface area contributed by atoms with Gasteiger partial charge in [-0.1, -0.05) is 0 Å². The van der Waals surface area contributed by atoms with E-state index in [1.807, 2.05) is 35.7 Å². The highest BCUT2D eigenvalue weighted by Gasteiger charge is 2.14. The Hall–Kier alpha value is -2.71. The molecule has 0 radical (unpaired) electrons. The van der Waals surface area contributed by atoms with Crippen molar-refractivity contribution in [2.45, 2.75) is 0 Å². The van der Waals surface area contributed by atoms with E-state index in [1.165, 1.54) is 0 Å². The highest BCUT2D eigenvalue weighted by Crippen LogP contribution is 2.28. The van der Waals surface area contributed by atoms with Crippen molar-refractivity contribution in [1.29, 1.82) is 0 Å². The van der Waals surface area contributed by atoms with Crippen LogP contribution in [0.15, 0.2) is 41.9 Å². The summed E-state index contributed by atoms with van der Waals surface area (Å²) in [4.78, 5) is 15.7. The number of thiazole rings is 1. The molecule has 1 aliphatic rings. The number of hydrogen-bond acceptors (Lipinski definition) is 8. The Bertz CT molecular complexity index is 862. The van der Waals surface area contributed by atoms with Crippen LogP contribution in [0, 0.1) is 0 Å². The molecule has 0 spiro atoms. The molecule has 3 heterocycles. The zero-order valence-corrected chi connectivity index (χ0v) is 15.2. The molecule has 26 heavy (non-hydrogen) atoms. The minimum Gasteiger partial charge on any atom is -0.497 e. The van der Waals surface area contributed by atoms with Crippen molar-refractivity contribution in [2.24, 2.45) is 0 Å². The van der Waals surface area contributed by atoms with E-state index in [-0.39, 0.29) is 0 Å². The zero-order chi connectivity index (χ0) is 17.8. The summed E-state index contributed by atoms with van der Waals surface area (Å²) >= 11 is 1.54. The van der Waals surface area contributed by atoms with Crippen LogP contribution in [0.1, 0.15) is 0 Å². The molecule has 134 valence electrons. The van der Waals surface area contributed by atoms with Gasteiger partial charge in [-0.3, -0.25) is 0 Å². The lowest BCUT2D eigenvalue weighted by molar-refractivity contribution is 0.122. The van der Waals surface area contributed by atoms with Crippen LogP contribution >= 0.6 is 11.3 Å². The summed E-state index contributed by atoms with van der Waals surface area (Å²) in [5.74, 6) is 2.28. The summed E-state index contributed by atoms with van der Waals surface area (Å²) < 4.78 is 10.6. The second-order valence-corrected chi connectivity index (χ2v) is 6.59. The topological polar surface area (TPSA) is 72.4 Å². The van der Waals surface area contributed by atoms with E-state index >= 15 is 0 Å². The molecule has 1 aliphatic heterocycles. The van der Waals surface area contributed by atoms with E-state index in [4.69, 9.17) is 9.47 Å². The number of benzene rings is 1. The van der Waals surface area contributed by atoms with Crippen molar-refractivity contribution in [1.82, 2.24) is 15.0 Å². The third kappa shape index (κ3) is 3.76. The lowest BCUT2D eigenvalue weighted by atomic mass is 10.2. The average Bonchev–Trinajstić information content (AvgIpc) is 3.17. The highest BCUT2D eigenvalue weighted by atomic mass is 32.1. The molecule has 1 fully saturated rings. The van der Waals surface area contributed by atoms with Gasteiger partial charge in [0.2, 0.25) is 5.95 Å². The summed E-state index contributed by atoms with van der Waals surface area (Å²) in [7, 11) is 1.66. The number of methoxy groups -OCH3 is 1. The molecule has 0 amide bonds. The van der Waals surface area contributed by atoms with Crippen molar-refractivity contribution in [3.63, 3.8) is 0 Å². The van der Waals surface area contributed by atoms with Gasteiger partial charge in [-0.2, -0.15) is 4.98 Å². The number of morpholine rings is 1. The maximum atomic E-state index is 5.38. The minimum absolute atomic E-state index is 0.707. The normalized spacial score (nSPS) is 14.3. The highest BCUT2D eigenvalue weighted by molar-refractivity contribution is 7.14. The number of aromatic nitrogens is 3. The molecule has 3 aromatic rings. The van der Waals surface area contributed by atoms with Gasteiger partial charge in [-0.15, -0.1) is 11.3 Å². The van der Waals surface area contributed by atoms with Crippen LogP contribution in [0.3, 0.4) is 0 Å². The van der Waals surface area contributed by atoms with Crippen LogP contribution < -0.4 is 15.0 Å². The van der Waals surface area contributed by atoms with Crippen molar-refractivity contribution >= 4 is 28.2 Å². The predicted octanol–water partition coefficient (Wildman–Crippen LogP) is 3.19. The summed E-state index contributed by atoms with van der Waals surface area (Å²) in [6, 6.07) is 9.71. The van der Waals surface area contributed by atoms with Crippen molar-refractivity contribution in [3.8, 4) is 17.0 Å². The van der Waals surface area contributed by atoms with Crippen molar-refractivity contribution in [3.05, 3.63) is 41.9 Å². The van der Waals surface area contributed by atoms with E-state index in [0.29, 0.717) is 19.2 Å². The second kappa shape index (κ2) is 7.67. The number of anilines is 3. The minimum atomic E-state index is 0.707. The van der Waals surface area contributed by atoms with Crippen LogP contribution in [0.5, 0.6) is 5.75 Å².